The third-order valence-corrected chi connectivity index (χ3v) is 4.55. The molecule has 0 aliphatic heterocycles. The van der Waals surface area contributed by atoms with E-state index in [0.29, 0.717) is 0 Å². The molecule has 0 bridgehead atoms. The maximum atomic E-state index is 3.74. The molecule has 1 rings (SSSR count). The second-order valence-corrected chi connectivity index (χ2v) is 6.12. The standard InChI is InChI=1S/C17H35N/c1-3-5-6-7-8-9-10-15-17(18-4-2)16-13-11-12-14-16/h16-18H,3-15H2,1-2H3. The Labute approximate surface area is 115 Å². The van der Waals surface area contributed by atoms with Gasteiger partial charge in [0, 0.05) is 6.04 Å². The lowest BCUT2D eigenvalue weighted by atomic mass is 9.93. The molecule has 0 aromatic carbocycles. The van der Waals surface area contributed by atoms with Crippen molar-refractivity contribution in [2.75, 3.05) is 6.54 Å². The molecule has 1 unspecified atom stereocenters. The van der Waals surface area contributed by atoms with Gasteiger partial charge in [-0.2, -0.15) is 0 Å². The van der Waals surface area contributed by atoms with Crippen molar-refractivity contribution in [3.8, 4) is 0 Å². The molecule has 1 aliphatic carbocycles. The van der Waals surface area contributed by atoms with Gasteiger partial charge < -0.3 is 5.32 Å². The van der Waals surface area contributed by atoms with E-state index < -0.39 is 0 Å². The first-order valence-electron chi connectivity index (χ1n) is 8.61. The Balaban J connectivity index is 2.02. The second kappa shape index (κ2) is 10.8. The van der Waals surface area contributed by atoms with E-state index in [-0.39, 0.29) is 0 Å². The zero-order chi connectivity index (χ0) is 13.1. The first-order chi connectivity index (χ1) is 8.88. The highest BCUT2D eigenvalue weighted by molar-refractivity contribution is 4.80. The average Bonchev–Trinajstić information content (AvgIpc) is 2.90. The number of nitrogens with one attached hydrogen (secondary N) is 1. The summed E-state index contributed by atoms with van der Waals surface area (Å²) in [4.78, 5) is 0. The quantitative estimate of drug-likeness (QED) is 0.493. The van der Waals surface area contributed by atoms with Crippen LogP contribution in [0.4, 0.5) is 0 Å². The number of hydrogen-bond acceptors (Lipinski definition) is 1. The molecule has 1 nitrogen and oxygen atoms in total. The zero-order valence-electron chi connectivity index (χ0n) is 12.8. The highest BCUT2D eigenvalue weighted by atomic mass is 14.9. The number of unbranched alkanes of at least 4 members (excludes halogenated alkanes) is 6. The molecule has 0 amide bonds. The third kappa shape index (κ3) is 6.78. The van der Waals surface area contributed by atoms with Gasteiger partial charge in [-0.25, -0.2) is 0 Å². The minimum absolute atomic E-state index is 0.827. The molecule has 0 aromatic heterocycles. The highest BCUT2D eigenvalue weighted by Gasteiger charge is 2.23. The summed E-state index contributed by atoms with van der Waals surface area (Å²) in [6, 6.07) is 0.827. The molecule has 1 atom stereocenters. The predicted molar refractivity (Wildman–Crippen MR) is 82.0 cm³/mol. The molecule has 108 valence electrons. The Kier molecular flexibility index (Phi) is 9.65. The van der Waals surface area contributed by atoms with Gasteiger partial charge in [0.05, 0.1) is 0 Å². The van der Waals surface area contributed by atoms with E-state index in [2.05, 4.69) is 19.2 Å². The van der Waals surface area contributed by atoms with Gasteiger partial charge in [-0.1, -0.05) is 71.6 Å². The van der Waals surface area contributed by atoms with Crippen molar-refractivity contribution >= 4 is 0 Å². The number of hydrogen-bond donors (Lipinski definition) is 1. The van der Waals surface area contributed by atoms with Gasteiger partial charge in [-0.15, -0.1) is 0 Å². The molecule has 1 aliphatic rings. The summed E-state index contributed by atoms with van der Waals surface area (Å²) in [5.41, 5.74) is 0. The SMILES string of the molecule is CCCCCCCCCC(NCC)C1CCCC1. The monoisotopic (exact) mass is 253 g/mol. The van der Waals surface area contributed by atoms with Crippen LogP contribution >= 0.6 is 0 Å². The smallest absolute Gasteiger partial charge is 0.00952 e. The van der Waals surface area contributed by atoms with Crippen molar-refractivity contribution in [1.82, 2.24) is 5.32 Å². The maximum absolute atomic E-state index is 3.74. The molecule has 0 heterocycles. The predicted octanol–water partition coefficient (Wildman–Crippen LogP) is 5.30. The van der Waals surface area contributed by atoms with E-state index in [1.165, 1.54) is 77.0 Å². The van der Waals surface area contributed by atoms with E-state index in [0.717, 1.165) is 18.5 Å². The molecule has 18 heavy (non-hydrogen) atoms. The van der Waals surface area contributed by atoms with Crippen LogP contribution in [0, 0.1) is 5.92 Å². The summed E-state index contributed by atoms with van der Waals surface area (Å²) in [6.45, 7) is 5.70. The lowest BCUT2D eigenvalue weighted by molar-refractivity contribution is 0.335. The summed E-state index contributed by atoms with van der Waals surface area (Å²) in [5.74, 6) is 0.991. The van der Waals surface area contributed by atoms with E-state index in [9.17, 15) is 0 Å². The van der Waals surface area contributed by atoms with Crippen molar-refractivity contribution in [3.05, 3.63) is 0 Å². The van der Waals surface area contributed by atoms with Gasteiger partial charge in [0.25, 0.3) is 0 Å². The Hall–Kier alpha value is -0.0400. The van der Waals surface area contributed by atoms with Crippen LogP contribution in [0.1, 0.15) is 90.9 Å². The molecule has 0 aromatic rings. The Bertz CT molecular complexity index is 172. The van der Waals surface area contributed by atoms with Crippen LogP contribution in [0.5, 0.6) is 0 Å². The maximum Gasteiger partial charge on any atom is 0.00952 e. The Morgan fingerprint density at radius 3 is 2.11 bits per heavy atom. The van der Waals surface area contributed by atoms with Gasteiger partial charge in [0.2, 0.25) is 0 Å². The molecule has 0 radical (unpaired) electrons. The lowest BCUT2D eigenvalue weighted by Gasteiger charge is -2.24. The van der Waals surface area contributed by atoms with Crippen molar-refractivity contribution in [2.45, 2.75) is 96.9 Å². The lowest BCUT2D eigenvalue weighted by Crippen LogP contribution is -2.34. The summed E-state index contributed by atoms with van der Waals surface area (Å²) < 4.78 is 0. The van der Waals surface area contributed by atoms with E-state index in [1.807, 2.05) is 0 Å². The van der Waals surface area contributed by atoms with E-state index in [4.69, 9.17) is 0 Å². The van der Waals surface area contributed by atoms with Gasteiger partial charge >= 0.3 is 0 Å². The average molecular weight is 253 g/mol. The summed E-state index contributed by atoms with van der Waals surface area (Å²) in [7, 11) is 0. The zero-order valence-corrected chi connectivity index (χ0v) is 12.8. The largest absolute Gasteiger partial charge is 0.314 e. The van der Waals surface area contributed by atoms with Crippen molar-refractivity contribution in [2.24, 2.45) is 5.92 Å². The fraction of sp³-hybridized carbons (Fsp3) is 1.00. The van der Waals surface area contributed by atoms with Crippen molar-refractivity contribution < 1.29 is 0 Å². The van der Waals surface area contributed by atoms with Crippen LogP contribution in [0.3, 0.4) is 0 Å². The molecular formula is C17H35N. The summed E-state index contributed by atoms with van der Waals surface area (Å²) in [5, 5.41) is 3.74. The van der Waals surface area contributed by atoms with Crippen LogP contribution in [0.25, 0.3) is 0 Å². The van der Waals surface area contributed by atoms with Crippen molar-refractivity contribution in [1.29, 1.82) is 0 Å². The fourth-order valence-corrected chi connectivity index (χ4v) is 3.45. The van der Waals surface area contributed by atoms with Crippen LogP contribution in [0.2, 0.25) is 0 Å². The van der Waals surface area contributed by atoms with Crippen LogP contribution < -0.4 is 5.32 Å². The fourth-order valence-electron chi connectivity index (χ4n) is 3.45. The van der Waals surface area contributed by atoms with Crippen molar-refractivity contribution in [3.63, 3.8) is 0 Å². The third-order valence-electron chi connectivity index (χ3n) is 4.55. The first-order valence-corrected chi connectivity index (χ1v) is 8.61. The van der Waals surface area contributed by atoms with E-state index in [1.54, 1.807) is 0 Å². The number of rotatable bonds is 11. The second-order valence-electron chi connectivity index (χ2n) is 6.12. The molecule has 1 fully saturated rings. The first kappa shape index (κ1) is 16.0. The molecule has 0 saturated heterocycles. The minimum Gasteiger partial charge on any atom is -0.314 e. The van der Waals surface area contributed by atoms with E-state index >= 15 is 0 Å². The van der Waals surface area contributed by atoms with Gasteiger partial charge in [0.1, 0.15) is 0 Å². The van der Waals surface area contributed by atoms with Gasteiger partial charge in [0.15, 0.2) is 0 Å². The molecule has 0 spiro atoms. The van der Waals surface area contributed by atoms with Crippen LogP contribution in [-0.2, 0) is 0 Å². The minimum atomic E-state index is 0.827. The topological polar surface area (TPSA) is 12.0 Å². The van der Waals surface area contributed by atoms with Crippen LogP contribution in [-0.4, -0.2) is 12.6 Å². The molecule has 1 heteroatoms. The Morgan fingerprint density at radius 1 is 0.889 bits per heavy atom. The van der Waals surface area contributed by atoms with Gasteiger partial charge in [-0.05, 0) is 31.7 Å². The molecule has 1 N–H and O–H groups in total. The Morgan fingerprint density at radius 2 is 1.50 bits per heavy atom. The summed E-state index contributed by atoms with van der Waals surface area (Å²) in [6.07, 6.45) is 17.4. The normalized spacial score (nSPS) is 18.3. The molecule has 1 saturated carbocycles. The van der Waals surface area contributed by atoms with Gasteiger partial charge in [-0.3, -0.25) is 0 Å². The summed E-state index contributed by atoms with van der Waals surface area (Å²) >= 11 is 0. The molecular weight excluding hydrogens is 218 g/mol. The highest BCUT2D eigenvalue weighted by Crippen LogP contribution is 2.29. The van der Waals surface area contributed by atoms with Crippen LogP contribution in [0.15, 0.2) is 0 Å².